The lowest BCUT2D eigenvalue weighted by Gasteiger charge is -2.28. The zero-order valence-corrected chi connectivity index (χ0v) is 14.2. The molecule has 1 unspecified atom stereocenters. The predicted octanol–water partition coefficient (Wildman–Crippen LogP) is 2.53. The molecule has 4 nitrogen and oxygen atoms in total. The van der Waals surface area contributed by atoms with Crippen molar-refractivity contribution < 1.29 is 9.53 Å². The summed E-state index contributed by atoms with van der Waals surface area (Å²) in [4.78, 5) is 14.2. The van der Waals surface area contributed by atoms with Gasteiger partial charge in [0.1, 0.15) is 6.04 Å². The third-order valence-electron chi connectivity index (χ3n) is 3.42. The summed E-state index contributed by atoms with van der Waals surface area (Å²) in [5.41, 5.74) is 0. The van der Waals surface area contributed by atoms with Gasteiger partial charge in [-0.05, 0) is 44.3 Å². The Bertz CT molecular complexity index is 243. The molecular weight excluding hydrogens is 252 g/mol. The van der Waals surface area contributed by atoms with Crippen LogP contribution in [0.25, 0.3) is 0 Å². The molecule has 0 saturated carbocycles. The van der Waals surface area contributed by atoms with Gasteiger partial charge >= 0.3 is 5.97 Å². The minimum absolute atomic E-state index is 0.161. The molecule has 0 amide bonds. The molecule has 0 aliphatic rings. The minimum Gasteiger partial charge on any atom is -0.468 e. The number of esters is 1. The van der Waals surface area contributed by atoms with E-state index in [0.717, 1.165) is 39.0 Å². The summed E-state index contributed by atoms with van der Waals surface area (Å²) in [6.07, 6.45) is 2.33. The first-order valence-electron chi connectivity index (χ1n) is 7.94. The second-order valence-electron chi connectivity index (χ2n) is 6.30. The highest BCUT2D eigenvalue weighted by Crippen LogP contribution is 2.07. The van der Waals surface area contributed by atoms with Crippen molar-refractivity contribution in [3.63, 3.8) is 0 Å². The molecule has 20 heavy (non-hydrogen) atoms. The Morgan fingerprint density at radius 1 is 1.10 bits per heavy atom. The maximum absolute atomic E-state index is 11.8. The third kappa shape index (κ3) is 9.32. The molecule has 0 rings (SSSR count). The SMILES string of the molecule is CCNC(CN(CCC(C)C)CCC(C)C)C(=O)OC. The van der Waals surface area contributed by atoms with E-state index >= 15 is 0 Å². The van der Waals surface area contributed by atoms with Crippen molar-refractivity contribution in [1.82, 2.24) is 10.2 Å². The number of ether oxygens (including phenoxy) is 1. The number of hydrogen-bond donors (Lipinski definition) is 1. The van der Waals surface area contributed by atoms with Crippen molar-refractivity contribution in [3.05, 3.63) is 0 Å². The summed E-state index contributed by atoms with van der Waals surface area (Å²) < 4.78 is 4.89. The third-order valence-corrected chi connectivity index (χ3v) is 3.42. The van der Waals surface area contributed by atoms with E-state index in [-0.39, 0.29) is 12.0 Å². The van der Waals surface area contributed by atoms with Gasteiger partial charge in [-0.1, -0.05) is 34.6 Å². The Labute approximate surface area is 125 Å². The maximum Gasteiger partial charge on any atom is 0.324 e. The molecule has 0 aliphatic heterocycles. The summed E-state index contributed by atoms with van der Waals surface area (Å²) in [5, 5.41) is 3.22. The van der Waals surface area contributed by atoms with Crippen molar-refractivity contribution in [2.24, 2.45) is 11.8 Å². The van der Waals surface area contributed by atoms with Gasteiger partial charge in [0.2, 0.25) is 0 Å². The standard InChI is InChI=1S/C16H34N2O2/c1-7-17-15(16(19)20-6)12-18(10-8-13(2)3)11-9-14(4)5/h13-15,17H,7-12H2,1-6H3. The van der Waals surface area contributed by atoms with Crippen molar-refractivity contribution >= 4 is 5.97 Å². The van der Waals surface area contributed by atoms with Crippen LogP contribution in [0.4, 0.5) is 0 Å². The fraction of sp³-hybridized carbons (Fsp3) is 0.938. The number of methoxy groups -OCH3 is 1. The first-order chi connectivity index (χ1) is 9.40. The van der Waals surface area contributed by atoms with Crippen LogP contribution in [0.15, 0.2) is 0 Å². The topological polar surface area (TPSA) is 41.6 Å². The second-order valence-corrected chi connectivity index (χ2v) is 6.30. The summed E-state index contributed by atoms with van der Waals surface area (Å²) >= 11 is 0. The highest BCUT2D eigenvalue weighted by Gasteiger charge is 2.21. The normalized spacial score (nSPS) is 13.2. The molecule has 120 valence electrons. The van der Waals surface area contributed by atoms with Gasteiger partial charge in [0, 0.05) is 6.54 Å². The van der Waals surface area contributed by atoms with E-state index in [4.69, 9.17) is 4.74 Å². The molecule has 0 heterocycles. The number of likely N-dealkylation sites (N-methyl/N-ethyl adjacent to an activating group) is 1. The number of carbonyl (C=O) groups excluding carboxylic acids is 1. The van der Waals surface area contributed by atoms with Crippen molar-refractivity contribution in [2.75, 3.05) is 33.3 Å². The van der Waals surface area contributed by atoms with E-state index in [2.05, 4.69) is 37.9 Å². The van der Waals surface area contributed by atoms with Crippen molar-refractivity contribution in [1.29, 1.82) is 0 Å². The van der Waals surface area contributed by atoms with Gasteiger partial charge in [-0.2, -0.15) is 0 Å². The number of nitrogens with one attached hydrogen (secondary N) is 1. The van der Waals surface area contributed by atoms with Crippen molar-refractivity contribution in [2.45, 2.75) is 53.5 Å². The first-order valence-corrected chi connectivity index (χ1v) is 7.94. The van der Waals surface area contributed by atoms with E-state index in [1.165, 1.54) is 7.11 Å². The lowest BCUT2D eigenvalue weighted by molar-refractivity contribution is -0.143. The largest absolute Gasteiger partial charge is 0.468 e. The molecule has 0 aliphatic carbocycles. The van der Waals surface area contributed by atoms with E-state index in [1.54, 1.807) is 0 Å². The van der Waals surface area contributed by atoms with Crippen LogP contribution < -0.4 is 5.32 Å². The van der Waals surface area contributed by atoms with E-state index in [1.807, 2.05) is 6.92 Å². The second kappa shape index (κ2) is 11.1. The summed E-state index contributed by atoms with van der Waals surface area (Å²) in [6.45, 7) is 14.6. The summed E-state index contributed by atoms with van der Waals surface area (Å²) in [6, 6.07) is -0.218. The molecule has 0 bridgehead atoms. The van der Waals surface area contributed by atoms with Gasteiger partial charge < -0.3 is 15.0 Å². The molecule has 0 spiro atoms. The van der Waals surface area contributed by atoms with Gasteiger partial charge in [0.05, 0.1) is 7.11 Å². The fourth-order valence-corrected chi connectivity index (χ4v) is 2.05. The Morgan fingerprint density at radius 3 is 1.95 bits per heavy atom. The van der Waals surface area contributed by atoms with Crippen LogP contribution in [0.5, 0.6) is 0 Å². The molecule has 0 radical (unpaired) electrons. The molecule has 1 N–H and O–H groups in total. The van der Waals surface area contributed by atoms with Crippen LogP contribution in [-0.2, 0) is 9.53 Å². The first kappa shape index (κ1) is 19.4. The number of carbonyl (C=O) groups is 1. The maximum atomic E-state index is 11.8. The summed E-state index contributed by atoms with van der Waals surface area (Å²) in [5.74, 6) is 1.21. The minimum atomic E-state index is -0.218. The highest BCUT2D eigenvalue weighted by atomic mass is 16.5. The van der Waals surface area contributed by atoms with Gasteiger partial charge in [0.15, 0.2) is 0 Å². The van der Waals surface area contributed by atoms with Crippen LogP contribution >= 0.6 is 0 Å². The molecule has 0 saturated heterocycles. The molecule has 0 aromatic carbocycles. The number of hydrogen-bond acceptors (Lipinski definition) is 4. The quantitative estimate of drug-likeness (QED) is 0.593. The number of rotatable bonds is 11. The number of nitrogens with zero attached hydrogens (tertiary/aromatic N) is 1. The van der Waals surface area contributed by atoms with Gasteiger partial charge in [-0.15, -0.1) is 0 Å². The molecule has 4 heteroatoms. The highest BCUT2D eigenvalue weighted by molar-refractivity contribution is 5.75. The van der Waals surface area contributed by atoms with E-state index in [0.29, 0.717) is 11.8 Å². The Balaban J connectivity index is 4.50. The van der Waals surface area contributed by atoms with Crippen LogP contribution in [0.3, 0.4) is 0 Å². The van der Waals surface area contributed by atoms with Gasteiger partial charge in [-0.3, -0.25) is 4.79 Å². The molecule has 0 fully saturated rings. The van der Waals surface area contributed by atoms with Crippen molar-refractivity contribution in [3.8, 4) is 0 Å². The zero-order chi connectivity index (χ0) is 15.5. The molecular formula is C16H34N2O2. The molecule has 0 aromatic heterocycles. The van der Waals surface area contributed by atoms with Gasteiger partial charge in [-0.25, -0.2) is 0 Å². The lowest BCUT2D eigenvalue weighted by atomic mass is 10.1. The molecule has 0 aromatic rings. The van der Waals surface area contributed by atoms with Crippen LogP contribution in [-0.4, -0.2) is 50.2 Å². The smallest absolute Gasteiger partial charge is 0.324 e. The lowest BCUT2D eigenvalue weighted by Crippen LogP contribution is -2.47. The van der Waals surface area contributed by atoms with Crippen LogP contribution in [0.2, 0.25) is 0 Å². The van der Waals surface area contributed by atoms with Gasteiger partial charge in [0.25, 0.3) is 0 Å². The van der Waals surface area contributed by atoms with E-state index < -0.39 is 0 Å². The van der Waals surface area contributed by atoms with Crippen LogP contribution in [0, 0.1) is 11.8 Å². The Hall–Kier alpha value is -0.610. The zero-order valence-electron chi connectivity index (χ0n) is 14.2. The average molecular weight is 286 g/mol. The van der Waals surface area contributed by atoms with E-state index in [9.17, 15) is 4.79 Å². The van der Waals surface area contributed by atoms with Crippen LogP contribution in [0.1, 0.15) is 47.5 Å². The monoisotopic (exact) mass is 286 g/mol. The summed E-state index contributed by atoms with van der Waals surface area (Å²) in [7, 11) is 1.46. The fourth-order valence-electron chi connectivity index (χ4n) is 2.05. The Morgan fingerprint density at radius 2 is 1.60 bits per heavy atom. The average Bonchev–Trinajstić information content (AvgIpc) is 2.39. The Kier molecular flexibility index (Phi) is 10.8. The molecule has 1 atom stereocenters. The predicted molar refractivity (Wildman–Crippen MR) is 84.8 cm³/mol.